The summed E-state index contributed by atoms with van der Waals surface area (Å²) < 4.78 is 0. The van der Waals surface area contributed by atoms with E-state index >= 15 is 0 Å². The first kappa shape index (κ1) is 14.8. The Labute approximate surface area is 129 Å². The van der Waals surface area contributed by atoms with Crippen LogP contribution in [0.1, 0.15) is 53.4 Å². The van der Waals surface area contributed by atoms with Crippen LogP contribution in [-0.2, 0) is 11.8 Å². The van der Waals surface area contributed by atoms with E-state index in [0.29, 0.717) is 4.83 Å². The molecule has 0 bridgehead atoms. The molecule has 2 rings (SSSR count). The SMILES string of the molecule is CCc1ccccc1C(Br)c1ccc(C(C)(C)C)s1. The van der Waals surface area contributed by atoms with Crippen LogP contribution in [0.3, 0.4) is 0 Å². The quantitative estimate of drug-likeness (QED) is 0.594. The van der Waals surface area contributed by atoms with E-state index in [-0.39, 0.29) is 5.41 Å². The van der Waals surface area contributed by atoms with Crippen molar-refractivity contribution in [2.45, 2.75) is 44.4 Å². The van der Waals surface area contributed by atoms with Crippen molar-refractivity contribution in [3.05, 3.63) is 57.3 Å². The minimum absolute atomic E-state index is 0.236. The van der Waals surface area contributed by atoms with Gasteiger partial charge in [0.1, 0.15) is 0 Å². The third kappa shape index (κ3) is 3.29. The number of rotatable bonds is 3. The first-order chi connectivity index (χ1) is 8.93. The number of aryl methyl sites for hydroxylation is 1. The molecule has 0 amide bonds. The molecule has 2 aromatic rings. The van der Waals surface area contributed by atoms with Gasteiger partial charge in [-0.15, -0.1) is 11.3 Å². The topological polar surface area (TPSA) is 0 Å². The molecular weight excluding hydrogens is 316 g/mol. The Morgan fingerprint density at radius 2 is 1.79 bits per heavy atom. The van der Waals surface area contributed by atoms with Crippen molar-refractivity contribution in [3.8, 4) is 0 Å². The van der Waals surface area contributed by atoms with Gasteiger partial charge < -0.3 is 0 Å². The molecule has 2 heteroatoms. The van der Waals surface area contributed by atoms with E-state index in [0.717, 1.165) is 6.42 Å². The lowest BCUT2D eigenvalue weighted by Gasteiger charge is -2.16. The molecule has 1 aromatic carbocycles. The molecule has 0 spiro atoms. The number of hydrogen-bond acceptors (Lipinski definition) is 1. The Balaban J connectivity index is 2.34. The Kier molecular flexibility index (Phi) is 4.52. The second-order valence-electron chi connectivity index (χ2n) is 5.87. The third-order valence-electron chi connectivity index (χ3n) is 3.32. The predicted molar refractivity (Wildman–Crippen MR) is 89.6 cm³/mol. The molecule has 0 aliphatic heterocycles. The first-order valence-electron chi connectivity index (χ1n) is 6.75. The fourth-order valence-corrected chi connectivity index (χ4v) is 4.09. The molecule has 0 saturated carbocycles. The Morgan fingerprint density at radius 3 is 2.37 bits per heavy atom. The highest BCUT2D eigenvalue weighted by Gasteiger charge is 2.20. The summed E-state index contributed by atoms with van der Waals surface area (Å²) in [6, 6.07) is 13.2. The monoisotopic (exact) mass is 336 g/mol. The van der Waals surface area contributed by atoms with Crippen LogP contribution in [0.15, 0.2) is 36.4 Å². The normalized spacial score (nSPS) is 13.5. The van der Waals surface area contributed by atoms with Crippen molar-refractivity contribution in [1.82, 2.24) is 0 Å². The number of benzene rings is 1. The predicted octanol–water partition coefficient (Wildman–Crippen LogP) is 6.09. The molecule has 1 atom stereocenters. The van der Waals surface area contributed by atoms with Crippen LogP contribution in [0.25, 0.3) is 0 Å². The maximum Gasteiger partial charge on any atom is 0.0740 e. The molecule has 0 N–H and O–H groups in total. The second kappa shape index (κ2) is 5.80. The van der Waals surface area contributed by atoms with Gasteiger partial charge in [-0.25, -0.2) is 0 Å². The highest BCUT2D eigenvalue weighted by molar-refractivity contribution is 9.09. The summed E-state index contributed by atoms with van der Waals surface area (Å²) >= 11 is 5.79. The Hall–Kier alpha value is -0.600. The van der Waals surface area contributed by atoms with E-state index in [1.807, 2.05) is 11.3 Å². The highest BCUT2D eigenvalue weighted by Crippen LogP contribution is 2.39. The van der Waals surface area contributed by atoms with Crippen LogP contribution in [0.4, 0.5) is 0 Å². The maximum atomic E-state index is 3.88. The van der Waals surface area contributed by atoms with Crippen molar-refractivity contribution in [2.24, 2.45) is 0 Å². The van der Waals surface area contributed by atoms with Gasteiger partial charge in [-0.3, -0.25) is 0 Å². The molecule has 0 saturated heterocycles. The third-order valence-corrected chi connectivity index (χ3v) is 6.19. The van der Waals surface area contributed by atoms with E-state index in [9.17, 15) is 0 Å². The number of thiophene rings is 1. The molecule has 19 heavy (non-hydrogen) atoms. The fourth-order valence-electron chi connectivity index (χ4n) is 2.15. The molecule has 0 nitrogen and oxygen atoms in total. The van der Waals surface area contributed by atoms with Gasteiger partial charge in [0, 0.05) is 9.75 Å². The van der Waals surface area contributed by atoms with Crippen molar-refractivity contribution >= 4 is 27.3 Å². The molecule has 0 radical (unpaired) electrons. The highest BCUT2D eigenvalue weighted by atomic mass is 79.9. The van der Waals surface area contributed by atoms with Gasteiger partial charge in [0.05, 0.1) is 4.83 Å². The van der Waals surface area contributed by atoms with E-state index in [4.69, 9.17) is 0 Å². The van der Waals surface area contributed by atoms with Crippen LogP contribution < -0.4 is 0 Å². The molecule has 102 valence electrons. The largest absolute Gasteiger partial charge is 0.143 e. The van der Waals surface area contributed by atoms with Crippen LogP contribution in [-0.4, -0.2) is 0 Å². The van der Waals surface area contributed by atoms with Crippen LogP contribution in [0.5, 0.6) is 0 Å². The zero-order valence-corrected chi connectivity index (χ0v) is 14.4. The van der Waals surface area contributed by atoms with Gasteiger partial charge in [-0.1, -0.05) is 67.9 Å². The number of halogens is 1. The van der Waals surface area contributed by atoms with Crippen molar-refractivity contribution in [3.63, 3.8) is 0 Å². The van der Waals surface area contributed by atoms with E-state index < -0.39 is 0 Å². The Morgan fingerprint density at radius 1 is 1.11 bits per heavy atom. The lowest BCUT2D eigenvalue weighted by Crippen LogP contribution is -2.07. The zero-order chi connectivity index (χ0) is 14.0. The molecule has 1 heterocycles. The number of alkyl halides is 1. The van der Waals surface area contributed by atoms with Crippen LogP contribution in [0.2, 0.25) is 0 Å². The minimum Gasteiger partial charge on any atom is -0.143 e. The van der Waals surface area contributed by atoms with Crippen molar-refractivity contribution in [2.75, 3.05) is 0 Å². The summed E-state index contributed by atoms with van der Waals surface area (Å²) in [5.74, 6) is 0. The zero-order valence-electron chi connectivity index (χ0n) is 12.0. The smallest absolute Gasteiger partial charge is 0.0740 e. The molecule has 0 aliphatic rings. The second-order valence-corrected chi connectivity index (χ2v) is 7.90. The fraction of sp³-hybridized carbons (Fsp3) is 0.412. The average Bonchev–Trinajstić information content (AvgIpc) is 2.87. The summed E-state index contributed by atoms with van der Waals surface area (Å²) in [5.41, 5.74) is 3.06. The van der Waals surface area contributed by atoms with Gasteiger partial charge in [-0.2, -0.15) is 0 Å². The van der Waals surface area contributed by atoms with E-state index in [1.165, 1.54) is 20.9 Å². The van der Waals surface area contributed by atoms with Crippen molar-refractivity contribution < 1.29 is 0 Å². The maximum absolute atomic E-state index is 3.88. The molecular formula is C17H21BrS. The van der Waals surface area contributed by atoms with Crippen LogP contribution in [0, 0.1) is 0 Å². The molecule has 0 aliphatic carbocycles. The summed E-state index contributed by atoms with van der Waals surface area (Å²) in [5, 5.41) is 0. The van der Waals surface area contributed by atoms with Crippen molar-refractivity contribution in [1.29, 1.82) is 0 Å². The van der Waals surface area contributed by atoms with Gasteiger partial charge in [-0.05, 0) is 35.1 Å². The van der Waals surface area contributed by atoms with E-state index in [1.54, 1.807) is 0 Å². The van der Waals surface area contributed by atoms with Gasteiger partial charge in [0.25, 0.3) is 0 Å². The van der Waals surface area contributed by atoms with E-state index in [2.05, 4.69) is 80.0 Å². The molecule has 1 aromatic heterocycles. The average molecular weight is 337 g/mol. The molecule has 0 fully saturated rings. The van der Waals surface area contributed by atoms with Gasteiger partial charge in [0.15, 0.2) is 0 Å². The van der Waals surface area contributed by atoms with Gasteiger partial charge >= 0.3 is 0 Å². The summed E-state index contributed by atoms with van der Waals surface area (Å²) in [4.78, 5) is 3.15. The standard InChI is InChI=1S/C17H21BrS/c1-5-12-8-6-7-9-13(12)16(18)14-10-11-15(19-14)17(2,3)4/h6-11,16H,5H2,1-4H3. The lowest BCUT2D eigenvalue weighted by molar-refractivity contribution is 0.604. The Bertz CT molecular complexity index is 548. The summed E-state index contributed by atoms with van der Waals surface area (Å²) in [6.07, 6.45) is 1.08. The molecule has 1 unspecified atom stereocenters. The lowest BCUT2D eigenvalue weighted by atomic mass is 9.95. The minimum atomic E-state index is 0.236. The summed E-state index contributed by atoms with van der Waals surface area (Å²) in [6.45, 7) is 9.02. The number of hydrogen-bond donors (Lipinski definition) is 0. The van der Waals surface area contributed by atoms with Crippen LogP contribution >= 0.6 is 27.3 Å². The first-order valence-corrected chi connectivity index (χ1v) is 8.48. The van der Waals surface area contributed by atoms with Gasteiger partial charge in [0.2, 0.25) is 0 Å². The summed E-state index contributed by atoms with van der Waals surface area (Å²) in [7, 11) is 0.